The molecule has 0 saturated heterocycles. The Labute approximate surface area is 87.3 Å². The second kappa shape index (κ2) is 17.3. The van der Waals surface area contributed by atoms with E-state index in [4.69, 9.17) is 0 Å². The maximum absolute atomic E-state index is 4.64. The van der Waals surface area contributed by atoms with Gasteiger partial charge < -0.3 is 0 Å². The van der Waals surface area contributed by atoms with Crippen molar-refractivity contribution >= 4 is 32.7 Å². The minimum atomic E-state index is 0.149. The minimum absolute atomic E-state index is 0.149. The average Bonchev–Trinajstić information content (AvgIpc) is 2.08. The molecular formula is C9H21ClSn+2. The van der Waals surface area contributed by atoms with Gasteiger partial charge in [-0.1, -0.05) is 0 Å². The molecule has 0 unspecified atom stereocenters. The second-order valence-corrected chi connectivity index (χ2v) is 6.74. The molecule has 0 saturated carbocycles. The minimum Gasteiger partial charge on any atom is -0.130 e. The molecule has 0 N–H and O–H groups in total. The fourth-order valence-electron chi connectivity index (χ4n) is 0.729. The summed E-state index contributed by atoms with van der Waals surface area (Å²) < 4.78 is 3.25. The van der Waals surface area contributed by atoms with E-state index >= 15 is 0 Å². The monoisotopic (exact) mass is 284 g/mol. The van der Waals surface area contributed by atoms with Gasteiger partial charge in [-0.15, -0.1) is 11.6 Å². The third-order valence-corrected chi connectivity index (χ3v) is 5.45. The Kier molecular flexibility index (Phi) is 22.9. The number of halogens is 1. The molecule has 0 heterocycles. The molecule has 0 spiro atoms. The van der Waals surface area contributed by atoms with Crippen molar-refractivity contribution in [2.24, 2.45) is 0 Å². The van der Waals surface area contributed by atoms with E-state index in [0.29, 0.717) is 0 Å². The number of hydrogen-bond donors (Lipinski definition) is 0. The zero-order valence-electron chi connectivity index (χ0n) is 8.12. The van der Waals surface area contributed by atoms with Crippen molar-refractivity contribution in [3.05, 3.63) is 0 Å². The third kappa shape index (κ3) is 18.2. The summed E-state index contributed by atoms with van der Waals surface area (Å²) >= 11 is 4.79. The summed E-state index contributed by atoms with van der Waals surface area (Å²) in [4.78, 5) is 0. The summed E-state index contributed by atoms with van der Waals surface area (Å²) in [5.41, 5.74) is 0. The largest absolute Gasteiger partial charge is 0.130 e. The van der Waals surface area contributed by atoms with E-state index in [-0.39, 0.29) is 21.1 Å². The molecule has 0 atom stereocenters. The molecular weight excluding hydrogens is 262 g/mol. The van der Waals surface area contributed by atoms with Crippen LogP contribution in [0.3, 0.4) is 0 Å². The van der Waals surface area contributed by atoms with Crippen LogP contribution in [0, 0.1) is 0 Å². The van der Waals surface area contributed by atoms with Gasteiger partial charge in [-0.05, 0) is 0 Å². The van der Waals surface area contributed by atoms with Crippen LogP contribution in [0.5, 0.6) is 0 Å². The van der Waals surface area contributed by atoms with E-state index in [0.717, 1.165) is 0 Å². The van der Waals surface area contributed by atoms with Crippen LogP contribution in [0.25, 0.3) is 0 Å². The van der Waals surface area contributed by atoms with Crippen molar-refractivity contribution in [3.8, 4) is 0 Å². The first kappa shape index (κ1) is 14.6. The van der Waals surface area contributed by atoms with Gasteiger partial charge >= 0.3 is 69.5 Å². The fourth-order valence-corrected chi connectivity index (χ4v) is 4.89. The van der Waals surface area contributed by atoms with Crippen molar-refractivity contribution in [3.63, 3.8) is 0 Å². The van der Waals surface area contributed by atoms with Crippen LogP contribution in [0.2, 0.25) is 8.87 Å². The van der Waals surface area contributed by atoms with Crippen LogP contribution in [-0.4, -0.2) is 27.5 Å². The molecule has 0 fully saturated rings. The molecule has 0 amide bonds. The van der Waals surface area contributed by atoms with Crippen LogP contribution >= 0.6 is 11.6 Å². The normalized spacial score (nSPS) is 8.00. The molecule has 0 nitrogen and oxygen atoms in total. The zero-order valence-corrected chi connectivity index (χ0v) is 11.7. The quantitative estimate of drug-likeness (QED) is 0.393. The standard InChI is InChI=1S/2C4H9.CH3Cl.Sn/c2*1-3-4-2;1-2;/h2*1,3-4H2,2H3;1H3;/q;;;+2. The Hall–Kier alpha value is 1.09. The Morgan fingerprint density at radius 2 is 1.27 bits per heavy atom. The number of hydrogen-bond acceptors (Lipinski definition) is 0. The first-order valence-electron chi connectivity index (χ1n) is 4.50. The predicted octanol–water partition coefficient (Wildman–Crippen LogP) is 3.98. The van der Waals surface area contributed by atoms with Gasteiger partial charge in [0.25, 0.3) is 0 Å². The Bertz CT molecular complexity index is 42.8. The van der Waals surface area contributed by atoms with Crippen molar-refractivity contribution in [1.29, 1.82) is 0 Å². The van der Waals surface area contributed by atoms with Gasteiger partial charge in [0, 0.05) is 6.38 Å². The van der Waals surface area contributed by atoms with Crippen LogP contribution < -0.4 is 0 Å². The molecule has 0 bridgehead atoms. The second-order valence-electron chi connectivity index (χ2n) is 2.46. The van der Waals surface area contributed by atoms with E-state index < -0.39 is 0 Å². The van der Waals surface area contributed by atoms with Crippen molar-refractivity contribution in [2.45, 2.75) is 48.4 Å². The third-order valence-electron chi connectivity index (χ3n) is 1.41. The zero-order chi connectivity index (χ0) is 8.95. The fraction of sp³-hybridized carbons (Fsp3) is 1.00. The van der Waals surface area contributed by atoms with Gasteiger partial charge in [-0.3, -0.25) is 0 Å². The predicted molar refractivity (Wildman–Crippen MR) is 57.0 cm³/mol. The molecule has 0 aliphatic carbocycles. The Morgan fingerprint density at radius 3 is 1.55 bits per heavy atom. The summed E-state index contributed by atoms with van der Waals surface area (Å²) in [5, 5.41) is 0. The van der Waals surface area contributed by atoms with Gasteiger partial charge in [0.05, 0.1) is 0 Å². The molecule has 0 aromatic carbocycles. The maximum atomic E-state index is 4.64. The molecule has 0 aromatic rings. The van der Waals surface area contributed by atoms with Crippen molar-refractivity contribution < 1.29 is 0 Å². The number of unbranched alkanes of at least 4 members (excludes halogenated alkanes) is 2. The molecule has 0 radical (unpaired) electrons. The smallest absolute Gasteiger partial charge is 0.0108 e. The summed E-state index contributed by atoms with van der Waals surface area (Å²) in [7, 11) is 0. The summed E-state index contributed by atoms with van der Waals surface area (Å²) in [6, 6.07) is 0. The van der Waals surface area contributed by atoms with E-state index in [2.05, 4.69) is 25.4 Å². The topological polar surface area (TPSA) is 0 Å². The Balaban J connectivity index is 0. The van der Waals surface area contributed by atoms with Gasteiger partial charge in [0.1, 0.15) is 0 Å². The van der Waals surface area contributed by atoms with Crippen LogP contribution in [0.15, 0.2) is 0 Å². The van der Waals surface area contributed by atoms with Crippen LogP contribution in [0.1, 0.15) is 39.5 Å². The molecule has 0 aliphatic rings. The SMILES string of the molecule is CCC[CH2][Sn+2][CH2]CCC.CCl. The maximum Gasteiger partial charge on any atom is 0.0108 e. The molecule has 0 aliphatic heterocycles. The van der Waals surface area contributed by atoms with Gasteiger partial charge in [0.15, 0.2) is 0 Å². The van der Waals surface area contributed by atoms with Gasteiger partial charge in [-0.25, -0.2) is 0 Å². The summed E-state index contributed by atoms with van der Waals surface area (Å²) in [6.07, 6.45) is 7.31. The molecule has 0 aromatic heterocycles. The molecule has 2 heteroatoms. The summed E-state index contributed by atoms with van der Waals surface area (Å²) in [5.74, 6) is 0. The van der Waals surface area contributed by atoms with E-state index in [9.17, 15) is 0 Å². The van der Waals surface area contributed by atoms with Crippen LogP contribution in [0.4, 0.5) is 0 Å². The summed E-state index contributed by atoms with van der Waals surface area (Å²) in [6.45, 7) is 4.58. The first-order chi connectivity index (χ1) is 5.41. The van der Waals surface area contributed by atoms with E-state index in [1.54, 1.807) is 8.87 Å². The molecule has 0 rings (SSSR count). The average molecular weight is 283 g/mol. The van der Waals surface area contributed by atoms with Crippen molar-refractivity contribution in [2.75, 3.05) is 6.38 Å². The van der Waals surface area contributed by atoms with E-state index in [1.165, 1.54) is 32.1 Å². The molecule has 66 valence electrons. The number of rotatable bonds is 6. The number of alkyl halides is 1. The molecule has 11 heavy (non-hydrogen) atoms. The Morgan fingerprint density at radius 1 is 0.909 bits per heavy atom. The van der Waals surface area contributed by atoms with Gasteiger partial charge in [-0.2, -0.15) is 0 Å². The van der Waals surface area contributed by atoms with E-state index in [1.807, 2.05) is 0 Å². The van der Waals surface area contributed by atoms with Crippen molar-refractivity contribution in [1.82, 2.24) is 0 Å². The van der Waals surface area contributed by atoms with Crippen LogP contribution in [-0.2, 0) is 0 Å². The van der Waals surface area contributed by atoms with Gasteiger partial charge in [0.2, 0.25) is 0 Å². The first-order valence-corrected chi connectivity index (χ1v) is 9.29.